The second-order valence-corrected chi connectivity index (χ2v) is 6.58. The molecule has 0 aromatic carbocycles. The highest BCUT2D eigenvalue weighted by Crippen LogP contribution is 2.33. The molecule has 3 heterocycles. The zero-order valence-corrected chi connectivity index (χ0v) is 13.9. The molecule has 0 amide bonds. The molecule has 0 aliphatic heterocycles. The predicted molar refractivity (Wildman–Crippen MR) is 94.8 cm³/mol. The van der Waals surface area contributed by atoms with Crippen LogP contribution in [0.15, 0.2) is 47.4 Å². The lowest BCUT2D eigenvalue weighted by atomic mass is 10.1. The molecule has 3 aromatic rings. The van der Waals surface area contributed by atoms with Gasteiger partial charge in [-0.15, -0.1) is 0 Å². The van der Waals surface area contributed by atoms with Crippen molar-refractivity contribution in [1.29, 1.82) is 0 Å². The van der Waals surface area contributed by atoms with E-state index in [-0.39, 0.29) is 11.6 Å². The number of fused-ring (bicyclic) bond motifs is 1. The monoisotopic (exact) mass is 320 g/mol. The zero-order valence-electron chi connectivity index (χ0n) is 13.9. The fraction of sp³-hybridized carbons (Fsp3) is 0.316. The third-order valence-electron chi connectivity index (χ3n) is 4.29. The second-order valence-electron chi connectivity index (χ2n) is 6.58. The molecule has 5 heteroatoms. The van der Waals surface area contributed by atoms with Gasteiger partial charge in [-0.2, -0.15) is 10.2 Å². The van der Waals surface area contributed by atoms with E-state index < -0.39 is 0 Å². The summed E-state index contributed by atoms with van der Waals surface area (Å²) < 4.78 is 3.39. The smallest absolute Gasteiger partial charge is 0.267 e. The van der Waals surface area contributed by atoms with Gasteiger partial charge >= 0.3 is 0 Å². The molecule has 1 saturated carbocycles. The third-order valence-corrected chi connectivity index (χ3v) is 4.29. The van der Waals surface area contributed by atoms with E-state index in [4.69, 9.17) is 0 Å². The molecule has 1 aliphatic rings. The van der Waals surface area contributed by atoms with Crippen molar-refractivity contribution >= 4 is 11.6 Å². The van der Waals surface area contributed by atoms with Gasteiger partial charge in [-0.1, -0.05) is 12.1 Å². The van der Waals surface area contributed by atoms with Gasteiger partial charge in [-0.25, -0.2) is 9.20 Å². The van der Waals surface area contributed by atoms with Crippen molar-refractivity contribution in [2.45, 2.75) is 32.7 Å². The van der Waals surface area contributed by atoms with E-state index in [1.807, 2.05) is 42.8 Å². The highest BCUT2D eigenvalue weighted by molar-refractivity contribution is 5.85. The van der Waals surface area contributed by atoms with E-state index in [0.29, 0.717) is 5.92 Å². The Labute approximate surface area is 140 Å². The SMILES string of the molecule is CC(C)n1nc(-c2c(/C=C/C3CC3)nn3ccccc23)ccc1=O. The van der Waals surface area contributed by atoms with Gasteiger partial charge in [0, 0.05) is 12.3 Å². The van der Waals surface area contributed by atoms with Crippen LogP contribution >= 0.6 is 0 Å². The summed E-state index contributed by atoms with van der Waals surface area (Å²) >= 11 is 0. The Bertz CT molecular complexity index is 976. The van der Waals surface area contributed by atoms with Gasteiger partial charge in [0.05, 0.1) is 28.5 Å². The van der Waals surface area contributed by atoms with Crippen molar-refractivity contribution in [1.82, 2.24) is 19.4 Å². The summed E-state index contributed by atoms with van der Waals surface area (Å²) in [5.74, 6) is 0.681. The lowest BCUT2D eigenvalue weighted by Crippen LogP contribution is -2.23. The Morgan fingerprint density at radius 3 is 2.75 bits per heavy atom. The predicted octanol–water partition coefficient (Wildman–Crippen LogP) is 3.56. The summed E-state index contributed by atoms with van der Waals surface area (Å²) in [5, 5.41) is 9.27. The minimum Gasteiger partial charge on any atom is -0.268 e. The molecule has 5 nitrogen and oxygen atoms in total. The molecular formula is C19H20N4O. The summed E-state index contributed by atoms with van der Waals surface area (Å²) in [5.41, 5.74) is 3.56. The number of hydrogen-bond acceptors (Lipinski definition) is 3. The Hall–Kier alpha value is -2.69. The molecule has 1 fully saturated rings. The first-order valence-corrected chi connectivity index (χ1v) is 8.39. The summed E-state index contributed by atoms with van der Waals surface area (Å²) in [6, 6.07) is 9.38. The van der Waals surface area contributed by atoms with Gasteiger partial charge in [0.2, 0.25) is 0 Å². The van der Waals surface area contributed by atoms with Crippen molar-refractivity contribution in [2.24, 2.45) is 5.92 Å². The van der Waals surface area contributed by atoms with Gasteiger partial charge in [-0.3, -0.25) is 4.79 Å². The zero-order chi connectivity index (χ0) is 16.7. The third kappa shape index (κ3) is 2.66. The lowest BCUT2D eigenvalue weighted by Gasteiger charge is -2.09. The maximum atomic E-state index is 12.0. The van der Waals surface area contributed by atoms with Crippen LogP contribution in [0.5, 0.6) is 0 Å². The number of allylic oxidation sites excluding steroid dienone is 1. The highest BCUT2D eigenvalue weighted by Gasteiger charge is 2.19. The summed E-state index contributed by atoms with van der Waals surface area (Å²) in [7, 11) is 0. The number of aromatic nitrogens is 4. The maximum absolute atomic E-state index is 12.0. The largest absolute Gasteiger partial charge is 0.268 e. The Balaban J connectivity index is 1.92. The van der Waals surface area contributed by atoms with Gasteiger partial charge in [0.15, 0.2) is 0 Å². The molecule has 0 bridgehead atoms. The Kier molecular flexibility index (Phi) is 3.56. The number of rotatable bonds is 4. The van der Waals surface area contributed by atoms with Crippen LogP contribution < -0.4 is 5.56 Å². The average molecular weight is 320 g/mol. The molecule has 0 radical (unpaired) electrons. The van der Waals surface area contributed by atoms with Gasteiger partial charge in [-0.05, 0) is 56.9 Å². The molecule has 0 saturated heterocycles. The van der Waals surface area contributed by atoms with E-state index in [1.165, 1.54) is 17.5 Å². The van der Waals surface area contributed by atoms with Crippen LogP contribution in [0.1, 0.15) is 38.4 Å². The molecule has 3 aromatic heterocycles. The second kappa shape index (κ2) is 5.74. The molecule has 0 unspecified atom stereocenters. The molecule has 0 atom stereocenters. The van der Waals surface area contributed by atoms with Crippen molar-refractivity contribution in [3.63, 3.8) is 0 Å². The summed E-state index contributed by atoms with van der Waals surface area (Å²) in [6.45, 7) is 3.92. The van der Waals surface area contributed by atoms with Crippen LogP contribution in [0.2, 0.25) is 0 Å². The molecule has 1 aliphatic carbocycles. The maximum Gasteiger partial charge on any atom is 0.267 e. The summed E-state index contributed by atoms with van der Waals surface area (Å²) in [6.07, 6.45) is 8.77. The van der Waals surface area contributed by atoms with Crippen molar-refractivity contribution in [3.05, 3.63) is 58.7 Å². The van der Waals surface area contributed by atoms with E-state index in [9.17, 15) is 4.79 Å². The lowest BCUT2D eigenvalue weighted by molar-refractivity contribution is 0.505. The Morgan fingerprint density at radius 2 is 2.00 bits per heavy atom. The van der Waals surface area contributed by atoms with Crippen LogP contribution in [0.25, 0.3) is 22.9 Å². The minimum atomic E-state index is -0.0831. The van der Waals surface area contributed by atoms with Crippen molar-refractivity contribution in [2.75, 3.05) is 0 Å². The van der Waals surface area contributed by atoms with Gasteiger partial charge in [0.25, 0.3) is 5.56 Å². The first kappa shape index (κ1) is 14.9. The van der Waals surface area contributed by atoms with Crippen molar-refractivity contribution < 1.29 is 0 Å². The quantitative estimate of drug-likeness (QED) is 0.738. The van der Waals surface area contributed by atoms with Crippen LogP contribution in [0.4, 0.5) is 0 Å². The number of nitrogens with zero attached hydrogens (tertiary/aromatic N) is 4. The van der Waals surface area contributed by atoms with Crippen LogP contribution in [0.3, 0.4) is 0 Å². The minimum absolute atomic E-state index is 0.0183. The van der Waals surface area contributed by atoms with Crippen LogP contribution in [0, 0.1) is 5.92 Å². The molecular weight excluding hydrogens is 300 g/mol. The average Bonchev–Trinajstić information content (AvgIpc) is 3.33. The van der Waals surface area contributed by atoms with E-state index in [2.05, 4.69) is 22.3 Å². The van der Waals surface area contributed by atoms with Gasteiger partial charge < -0.3 is 0 Å². The molecule has 24 heavy (non-hydrogen) atoms. The number of pyridine rings is 1. The first-order chi connectivity index (χ1) is 11.6. The first-order valence-electron chi connectivity index (χ1n) is 8.39. The standard InChI is InChI=1S/C19H20N4O/c1-13(2)23-18(24)11-10-16(21-23)19-15(9-8-14-6-7-14)20-22-12-4-3-5-17(19)22/h3-5,8-14H,6-7H2,1-2H3/b9-8+. The summed E-state index contributed by atoms with van der Waals surface area (Å²) in [4.78, 5) is 12.0. The van der Waals surface area contributed by atoms with E-state index in [1.54, 1.807) is 12.1 Å². The number of hydrogen-bond donors (Lipinski definition) is 0. The normalized spacial score (nSPS) is 15.0. The van der Waals surface area contributed by atoms with E-state index in [0.717, 1.165) is 22.5 Å². The molecule has 122 valence electrons. The highest BCUT2D eigenvalue weighted by atomic mass is 16.1. The van der Waals surface area contributed by atoms with E-state index >= 15 is 0 Å². The van der Waals surface area contributed by atoms with Crippen molar-refractivity contribution in [3.8, 4) is 11.3 Å². The molecule has 0 N–H and O–H groups in total. The molecule has 4 rings (SSSR count). The van der Waals surface area contributed by atoms with Crippen LogP contribution in [-0.2, 0) is 0 Å². The topological polar surface area (TPSA) is 52.2 Å². The molecule has 0 spiro atoms. The van der Waals surface area contributed by atoms with Gasteiger partial charge in [0.1, 0.15) is 0 Å². The fourth-order valence-electron chi connectivity index (χ4n) is 2.84. The Morgan fingerprint density at radius 1 is 1.17 bits per heavy atom. The fourth-order valence-corrected chi connectivity index (χ4v) is 2.84. The van der Waals surface area contributed by atoms with Crippen LogP contribution in [-0.4, -0.2) is 19.4 Å².